The Balaban J connectivity index is 2.30. The average molecular weight is 279 g/mol. The maximum absolute atomic E-state index is 11.8. The van der Waals surface area contributed by atoms with Crippen molar-refractivity contribution < 1.29 is 5.11 Å². The second kappa shape index (κ2) is 6.88. The van der Waals surface area contributed by atoms with E-state index in [2.05, 4.69) is 14.9 Å². The maximum Gasteiger partial charge on any atom is 0.252 e. The summed E-state index contributed by atoms with van der Waals surface area (Å²) in [5, 5.41) is 9.32. The van der Waals surface area contributed by atoms with E-state index in [9.17, 15) is 9.90 Å². The molecule has 0 atom stereocenters. The van der Waals surface area contributed by atoms with Crippen molar-refractivity contribution in [1.82, 2.24) is 9.97 Å². The van der Waals surface area contributed by atoms with Crippen LogP contribution in [0.1, 0.15) is 57.7 Å². The predicted octanol–water partition coefficient (Wildman–Crippen LogP) is 2.02. The van der Waals surface area contributed by atoms with E-state index in [-0.39, 0.29) is 18.1 Å². The van der Waals surface area contributed by atoms with Gasteiger partial charge in [0.25, 0.3) is 5.56 Å². The number of aromatic amines is 1. The lowest BCUT2D eigenvalue weighted by Crippen LogP contribution is -2.40. The first-order valence-corrected chi connectivity index (χ1v) is 7.60. The van der Waals surface area contributed by atoms with Gasteiger partial charge in [-0.1, -0.05) is 33.1 Å². The number of anilines is 1. The fourth-order valence-corrected chi connectivity index (χ4v) is 2.87. The Bertz CT molecular complexity index is 478. The van der Waals surface area contributed by atoms with Crippen molar-refractivity contribution in [3.05, 3.63) is 22.2 Å². The molecule has 0 aliphatic heterocycles. The Hall–Kier alpha value is -1.36. The van der Waals surface area contributed by atoms with Gasteiger partial charge in [0, 0.05) is 24.6 Å². The normalized spacial score (nSPS) is 16.6. The fraction of sp³-hybridized carbons (Fsp3) is 0.733. The van der Waals surface area contributed by atoms with E-state index in [0.29, 0.717) is 24.2 Å². The van der Waals surface area contributed by atoms with Gasteiger partial charge in [0.2, 0.25) is 0 Å². The fourth-order valence-electron chi connectivity index (χ4n) is 2.87. The number of nitrogens with zero attached hydrogens (tertiary/aromatic N) is 2. The van der Waals surface area contributed by atoms with Gasteiger partial charge in [-0.3, -0.25) is 4.79 Å². The van der Waals surface area contributed by atoms with Gasteiger partial charge in [-0.2, -0.15) is 0 Å². The van der Waals surface area contributed by atoms with Crippen LogP contribution in [0.3, 0.4) is 0 Å². The SMILES string of the molecule is CC(C)c1nc(N(CCO)C2CCCCC2)cc(=O)[nH]1. The third kappa shape index (κ3) is 3.60. The molecule has 1 aromatic heterocycles. The van der Waals surface area contributed by atoms with Gasteiger partial charge < -0.3 is 15.0 Å². The van der Waals surface area contributed by atoms with Crippen molar-refractivity contribution in [1.29, 1.82) is 0 Å². The summed E-state index contributed by atoms with van der Waals surface area (Å²) in [6.07, 6.45) is 5.94. The first-order valence-electron chi connectivity index (χ1n) is 7.60. The first-order chi connectivity index (χ1) is 9.61. The molecule has 1 aliphatic carbocycles. The summed E-state index contributed by atoms with van der Waals surface area (Å²) in [5.74, 6) is 1.61. The third-order valence-corrected chi connectivity index (χ3v) is 3.94. The van der Waals surface area contributed by atoms with Gasteiger partial charge >= 0.3 is 0 Å². The summed E-state index contributed by atoms with van der Waals surface area (Å²) in [4.78, 5) is 21.3. The van der Waals surface area contributed by atoms with Crippen LogP contribution in [0, 0.1) is 0 Å². The highest BCUT2D eigenvalue weighted by Crippen LogP contribution is 2.26. The van der Waals surface area contributed by atoms with Crippen molar-refractivity contribution in [2.75, 3.05) is 18.1 Å². The van der Waals surface area contributed by atoms with Crippen LogP contribution in [0.4, 0.5) is 5.82 Å². The lowest BCUT2D eigenvalue weighted by molar-refractivity contribution is 0.289. The summed E-state index contributed by atoms with van der Waals surface area (Å²) < 4.78 is 0. The molecular weight excluding hydrogens is 254 g/mol. The van der Waals surface area contributed by atoms with Gasteiger partial charge in [-0.15, -0.1) is 0 Å². The lowest BCUT2D eigenvalue weighted by Gasteiger charge is -2.35. The minimum atomic E-state index is -0.113. The zero-order chi connectivity index (χ0) is 14.5. The van der Waals surface area contributed by atoms with E-state index in [1.165, 1.54) is 19.3 Å². The standard InChI is InChI=1S/C15H25N3O2/c1-11(2)15-16-13(10-14(20)17-15)18(8-9-19)12-6-4-3-5-7-12/h10-12,19H,3-9H2,1-2H3,(H,16,17,20). The molecule has 112 valence electrons. The smallest absolute Gasteiger partial charge is 0.252 e. The number of nitrogens with one attached hydrogen (secondary N) is 1. The number of aliphatic hydroxyl groups is 1. The largest absolute Gasteiger partial charge is 0.395 e. The van der Waals surface area contributed by atoms with E-state index >= 15 is 0 Å². The van der Waals surface area contributed by atoms with E-state index in [4.69, 9.17) is 0 Å². The number of aliphatic hydroxyl groups excluding tert-OH is 1. The highest BCUT2D eigenvalue weighted by atomic mass is 16.3. The molecule has 5 nitrogen and oxygen atoms in total. The molecule has 0 spiro atoms. The van der Waals surface area contributed by atoms with E-state index in [1.54, 1.807) is 6.07 Å². The van der Waals surface area contributed by atoms with Crippen LogP contribution in [0.25, 0.3) is 0 Å². The summed E-state index contributed by atoms with van der Waals surface area (Å²) in [5.41, 5.74) is -0.113. The van der Waals surface area contributed by atoms with Gasteiger partial charge in [0.1, 0.15) is 11.6 Å². The molecule has 0 unspecified atom stereocenters. The van der Waals surface area contributed by atoms with Crippen molar-refractivity contribution in [3.63, 3.8) is 0 Å². The molecule has 20 heavy (non-hydrogen) atoms. The number of H-pyrrole nitrogens is 1. The zero-order valence-corrected chi connectivity index (χ0v) is 12.4. The second-order valence-corrected chi connectivity index (χ2v) is 5.85. The molecule has 2 N–H and O–H groups in total. The number of rotatable bonds is 5. The van der Waals surface area contributed by atoms with Crippen molar-refractivity contribution in [2.45, 2.75) is 57.9 Å². The first kappa shape index (κ1) is 15.0. The van der Waals surface area contributed by atoms with Crippen LogP contribution < -0.4 is 10.5 Å². The van der Waals surface area contributed by atoms with Crippen molar-refractivity contribution >= 4 is 5.82 Å². The van der Waals surface area contributed by atoms with Crippen LogP contribution in [-0.4, -0.2) is 34.3 Å². The monoisotopic (exact) mass is 279 g/mol. The van der Waals surface area contributed by atoms with Crippen LogP contribution in [0.2, 0.25) is 0 Å². The van der Waals surface area contributed by atoms with Gasteiger partial charge in [-0.25, -0.2) is 4.98 Å². The molecule has 0 saturated heterocycles. The number of aromatic nitrogens is 2. The van der Waals surface area contributed by atoms with Gasteiger partial charge in [-0.05, 0) is 12.8 Å². The summed E-state index contributed by atoms with van der Waals surface area (Å²) in [6.45, 7) is 4.65. The molecule has 1 aromatic rings. The highest BCUT2D eigenvalue weighted by Gasteiger charge is 2.23. The quantitative estimate of drug-likeness (QED) is 0.865. The van der Waals surface area contributed by atoms with Crippen LogP contribution >= 0.6 is 0 Å². The molecular formula is C15H25N3O2. The second-order valence-electron chi connectivity index (χ2n) is 5.85. The summed E-state index contributed by atoms with van der Waals surface area (Å²) in [6, 6.07) is 1.95. The zero-order valence-electron chi connectivity index (χ0n) is 12.4. The molecule has 2 rings (SSSR count). The molecule has 1 heterocycles. The molecule has 0 bridgehead atoms. The molecule has 0 amide bonds. The molecule has 5 heteroatoms. The van der Waals surface area contributed by atoms with Crippen LogP contribution in [-0.2, 0) is 0 Å². The lowest BCUT2D eigenvalue weighted by atomic mass is 9.94. The molecule has 1 fully saturated rings. The highest BCUT2D eigenvalue weighted by molar-refractivity contribution is 5.39. The Kier molecular flexibility index (Phi) is 5.17. The van der Waals surface area contributed by atoms with Gasteiger partial charge in [0.05, 0.1) is 6.61 Å². The molecule has 1 saturated carbocycles. The molecule has 0 radical (unpaired) electrons. The Morgan fingerprint density at radius 3 is 2.70 bits per heavy atom. The van der Waals surface area contributed by atoms with Crippen LogP contribution in [0.5, 0.6) is 0 Å². The molecule has 0 aromatic carbocycles. The topological polar surface area (TPSA) is 69.2 Å². The maximum atomic E-state index is 11.8. The van der Waals surface area contributed by atoms with Crippen molar-refractivity contribution in [3.8, 4) is 0 Å². The minimum absolute atomic E-state index is 0.0853. The summed E-state index contributed by atoms with van der Waals surface area (Å²) >= 11 is 0. The van der Waals surface area contributed by atoms with E-state index < -0.39 is 0 Å². The van der Waals surface area contributed by atoms with E-state index in [1.807, 2.05) is 13.8 Å². The van der Waals surface area contributed by atoms with Gasteiger partial charge in [0.15, 0.2) is 0 Å². The number of hydrogen-bond donors (Lipinski definition) is 2. The van der Waals surface area contributed by atoms with E-state index in [0.717, 1.165) is 12.8 Å². The Labute approximate surface area is 120 Å². The van der Waals surface area contributed by atoms with Crippen LogP contribution in [0.15, 0.2) is 10.9 Å². The third-order valence-electron chi connectivity index (χ3n) is 3.94. The molecule has 1 aliphatic rings. The Morgan fingerprint density at radius 2 is 2.10 bits per heavy atom. The number of hydrogen-bond acceptors (Lipinski definition) is 4. The minimum Gasteiger partial charge on any atom is -0.395 e. The van der Waals surface area contributed by atoms with Crippen molar-refractivity contribution in [2.24, 2.45) is 0 Å². The Morgan fingerprint density at radius 1 is 1.40 bits per heavy atom. The average Bonchev–Trinajstić information content (AvgIpc) is 2.45. The summed E-state index contributed by atoms with van der Waals surface area (Å²) in [7, 11) is 0. The predicted molar refractivity (Wildman–Crippen MR) is 80.3 cm³/mol.